The van der Waals surface area contributed by atoms with Gasteiger partial charge in [0.25, 0.3) is 0 Å². The van der Waals surface area contributed by atoms with Gasteiger partial charge in [0.1, 0.15) is 0 Å². The SMILES string of the molecule is C[Si]1(C)O[Si](C)(C)O[Si](C)(O)O[Si](C)(C)O1.C[Si]1(C)O[Si](C)(C)O[Si](C)(O[Si]2(C)O[Si](C)(C)O[Si](C)(C)O[Si](C)(C)O2)O[Si](C)(C)O1.O. The van der Waals surface area contributed by atoms with E-state index in [1.165, 1.54) is 0 Å². The first kappa shape index (κ1) is 48.0. The Labute approximate surface area is 303 Å². The van der Waals surface area contributed by atoms with Crippen molar-refractivity contribution in [2.75, 3.05) is 0 Å². The molecule has 48 heavy (non-hydrogen) atoms. The molecule has 0 atom stereocenters. The first-order chi connectivity index (χ1) is 20.2. The smallest absolute Gasteiger partial charge is 0.416 e. The maximum atomic E-state index is 10.1. The Balaban J connectivity index is 0.000000572. The van der Waals surface area contributed by atoms with Crippen molar-refractivity contribution in [3.63, 3.8) is 0 Å². The van der Waals surface area contributed by atoms with Gasteiger partial charge in [-0.15, -0.1) is 0 Å². The molecular weight excluding hydrogens is 829 g/mol. The molecule has 0 bridgehead atoms. The van der Waals surface area contributed by atoms with Gasteiger partial charge in [-0.05, 0) is 118 Å². The van der Waals surface area contributed by atoms with Gasteiger partial charge < -0.3 is 63.8 Å². The minimum Gasteiger partial charge on any atom is -0.416 e. The van der Waals surface area contributed by atoms with Crippen LogP contribution < -0.4 is 0 Å². The topological polar surface area (TPSA) is 172 Å². The van der Waals surface area contributed by atoms with E-state index in [1.54, 1.807) is 6.55 Å². The highest BCUT2D eigenvalue weighted by molar-refractivity contribution is 6.96. The number of hydrogen-bond acceptors (Lipinski definition) is 14. The van der Waals surface area contributed by atoms with Gasteiger partial charge in [-0.3, -0.25) is 0 Å². The van der Waals surface area contributed by atoms with Gasteiger partial charge in [-0.1, -0.05) is 0 Å². The van der Waals surface area contributed by atoms with E-state index in [2.05, 4.69) is 0 Å². The van der Waals surface area contributed by atoms with Crippen molar-refractivity contribution in [2.45, 2.75) is 137 Å². The zero-order chi connectivity index (χ0) is 37.2. The summed E-state index contributed by atoms with van der Waals surface area (Å²) in [6, 6.07) is 0. The molecule has 0 spiro atoms. The molecule has 0 radical (unpaired) electrons. The first-order valence-electron chi connectivity index (χ1n) is 16.0. The quantitative estimate of drug-likeness (QED) is 0.349. The average Bonchev–Trinajstić information content (AvgIpc) is 2.52. The molecule has 3 saturated heterocycles. The van der Waals surface area contributed by atoms with Gasteiger partial charge in [-0.2, -0.15) is 0 Å². The fraction of sp³-hybridized carbons (Fsp3) is 1.00. The van der Waals surface area contributed by atoms with E-state index >= 15 is 0 Å². The summed E-state index contributed by atoms with van der Waals surface area (Å²) in [5.41, 5.74) is 0. The van der Waals surface area contributed by atoms with Crippen molar-refractivity contribution in [1.82, 2.24) is 0 Å². The van der Waals surface area contributed by atoms with E-state index in [4.69, 9.17) is 53.5 Å². The predicted octanol–water partition coefficient (Wildman–Crippen LogP) is 5.42. The van der Waals surface area contributed by atoms with Gasteiger partial charge in [0.2, 0.25) is 0 Å². The normalized spacial score (nSPS) is 31.6. The van der Waals surface area contributed by atoms with Crippen LogP contribution in [0, 0.1) is 0 Å². The molecule has 0 saturated carbocycles. The summed E-state index contributed by atoms with van der Waals surface area (Å²) in [5, 5.41) is 0. The molecule has 3 fully saturated rings. The molecule has 15 nitrogen and oxygen atoms in total. The highest BCUT2D eigenvalue weighted by atomic mass is 28.6. The Morgan fingerprint density at radius 2 is 0.417 bits per heavy atom. The Bertz CT molecular complexity index is 948. The third-order valence-corrected chi connectivity index (χ3v) is 53.2. The van der Waals surface area contributed by atoms with Crippen LogP contribution in [0.5, 0.6) is 0 Å². The number of hydrogen-bond donors (Lipinski definition) is 1. The summed E-state index contributed by atoms with van der Waals surface area (Å²) in [6.45, 7) is 41.2. The Kier molecular flexibility index (Phi) is 14.9. The van der Waals surface area contributed by atoms with Crippen LogP contribution in [0.25, 0.3) is 0 Å². The minimum absolute atomic E-state index is 0. The molecule has 288 valence electrons. The summed E-state index contributed by atoms with van der Waals surface area (Å²) < 4.78 is 82.2. The Morgan fingerprint density at radius 1 is 0.271 bits per heavy atom. The van der Waals surface area contributed by atoms with E-state index in [1.807, 2.05) is 131 Å². The van der Waals surface area contributed by atoms with Crippen LogP contribution in [0.4, 0.5) is 0 Å². The third-order valence-electron chi connectivity index (χ3n) is 5.92. The highest BCUT2D eigenvalue weighted by Crippen LogP contribution is 2.37. The molecule has 0 aromatic rings. The maximum Gasteiger partial charge on any atom is 0.477 e. The van der Waals surface area contributed by atoms with Gasteiger partial charge >= 0.3 is 103 Å². The molecule has 3 rings (SSSR count). The third kappa shape index (κ3) is 16.6. The van der Waals surface area contributed by atoms with Crippen molar-refractivity contribution < 1.29 is 63.8 Å². The highest BCUT2D eigenvalue weighted by Gasteiger charge is 2.61. The van der Waals surface area contributed by atoms with Crippen LogP contribution in [0.2, 0.25) is 137 Å². The van der Waals surface area contributed by atoms with Crippen LogP contribution in [-0.4, -0.2) is 114 Å². The summed E-state index contributed by atoms with van der Waals surface area (Å²) in [4.78, 5) is 10.1. The molecule has 0 aromatic heterocycles. The fourth-order valence-corrected chi connectivity index (χ4v) is 68.3. The zero-order valence-corrected chi connectivity index (χ0v) is 45.3. The van der Waals surface area contributed by atoms with E-state index < -0.39 is 103 Å². The summed E-state index contributed by atoms with van der Waals surface area (Å²) >= 11 is 0. The van der Waals surface area contributed by atoms with Crippen LogP contribution in [0.3, 0.4) is 0 Å². The largest absolute Gasteiger partial charge is 0.477 e. The van der Waals surface area contributed by atoms with Crippen molar-refractivity contribution in [3.8, 4) is 0 Å². The molecule has 3 aliphatic rings. The molecule has 0 aliphatic carbocycles. The molecule has 0 unspecified atom stereocenters. The Hall–Kier alpha value is 2.00. The van der Waals surface area contributed by atoms with Gasteiger partial charge in [0.15, 0.2) is 0 Å². The van der Waals surface area contributed by atoms with Crippen LogP contribution in [-0.2, 0) is 53.5 Å². The molecule has 0 amide bonds. The number of rotatable bonds is 2. The van der Waals surface area contributed by atoms with Crippen molar-refractivity contribution in [1.29, 1.82) is 0 Å². The molecule has 3 N–H and O–H groups in total. The second-order valence-corrected chi connectivity index (χ2v) is 57.6. The monoisotopic (exact) mass is 894 g/mol. The maximum absolute atomic E-state index is 10.1. The molecule has 0 aromatic carbocycles. The standard InChI is InChI=1S/C14H42O9Si8.C7H22O5Si4.H2O/c1-24(2)15-26(5,6)19-30(13,20-27(7,8)16-24)23-31(14)21-28(9,10)17-25(3,4)18-29(11,12)22-31;1-13(2)9-14(3,4)11-16(7,8)12-15(5,6)10-13;/h1-14H3;8H,1-7H3;1H2. The van der Waals surface area contributed by atoms with Gasteiger partial charge in [0, 0.05) is 19.6 Å². The summed E-state index contributed by atoms with van der Waals surface area (Å²) in [7, 11) is -31.7. The second-order valence-electron chi connectivity index (χ2n) is 16.5. The van der Waals surface area contributed by atoms with Crippen LogP contribution >= 0.6 is 0 Å². The van der Waals surface area contributed by atoms with E-state index in [-0.39, 0.29) is 5.48 Å². The van der Waals surface area contributed by atoms with Crippen molar-refractivity contribution in [3.05, 3.63) is 0 Å². The lowest BCUT2D eigenvalue weighted by molar-refractivity contribution is 0.128. The second kappa shape index (κ2) is 14.9. The molecular formula is C21H66O15Si12. The van der Waals surface area contributed by atoms with E-state index in [0.29, 0.717) is 0 Å². The van der Waals surface area contributed by atoms with E-state index in [9.17, 15) is 4.80 Å². The van der Waals surface area contributed by atoms with Gasteiger partial charge in [-0.25, -0.2) is 0 Å². The molecule has 3 aliphatic heterocycles. The summed E-state index contributed by atoms with van der Waals surface area (Å²) in [5.74, 6) is 0. The lowest BCUT2D eigenvalue weighted by atomic mass is 11.9. The van der Waals surface area contributed by atoms with Crippen LogP contribution in [0.15, 0.2) is 0 Å². The minimum atomic E-state index is -3.26. The van der Waals surface area contributed by atoms with Crippen molar-refractivity contribution >= 4 is 103 Å². The van der Waals surface area contributed by atoms with Crippen molar-refractivity contribution in [2.24, 2.45) is 0 Å². The van der Waals surface area contributed by atoms with Crippen LogP contribution in [0.1, 0.15) is 0 Å². The molecule has 27 heteroatoms. The molecule has 3 heterocycles. The predicted molar refractivity (Wildman–Crippen MR) is 212 cm³/mol. The lowest BCUT2D eigenvalue weighted by Gasteiger charge is -2.51. The first-order valence-corrected chi connectivity index (χ1v) is 48.1. The zero-order valence-electron chi connectivity index (χ0n) is 33.3. The van der Waals surface area contributed by atoms with E-state index in [0.717, 1.165) is 0 Å². The van der Waals surface area contributed by atoms with Gasteiger partial charge in [0.05, 0.1) is 0 Å². The average molecular weight is 896 g/mol. The lowest BCUT2D eigenvalue weighted by Crippen LogP contribution is -2.72. The fourth-order valence-electron chi connectivity index (χ4n) is 6.92. The Morgan fingerprint density at radius 3 is 0.604 bits per heavy atom. The summed E-state index contributed by atoms with van der Waals surface area (Å²) in [6.07, 6.45) is 0.